The molecule has 8 atom stereocenters. The predicted molar refractivity (Wildman–Crippen MR) is 204 cm³/mol. The van der Waals surface area contributed by atoms with Crippen LogP contribution < -0.4 is 16.4 Å². The molecule has 3 amide bonds. The molecule has 24 heteroatoms. The Kier molecular flexibility index (Phi) is 12.2. The first-order valence-corrected chi connectivity index (χ1v) is 20.0. The maximum absolute atomic E-state index is 13.6. The molecule has 2 bridgehead atoms. The van der Waals surface area contributed by atoms with Gasteiger partial charge in [-0.05, 0) is 12.0 Å². The number of halogens is 1. The van der Waals surface area contributed by atoms with Crippen molar-refractivity contribution in [2.45, 2.75) is 67.7 Å². The van der Waals surface area contributed by atoms with Gasteiger partial charge in [0.2, 0.25) is 6.10 Å². The molecule has 3 fully saturated rings. The van der Waals surface area contributed by atoms with Crippen LogP contribution in [0.3, 0.4) is 0 Å². The van der Waals surface area contributed by atoms with Crippen LogP contribution in [-0.2, 0) is 33.6 Å². The first kappa shape index (κ1) is 42.1. The number of nitrogens with one attached hydrogen (secondary N) is 2. The van der Waals surface area contributed by atoms with Crippen LogP contribution >= 0.6 is 34.7 Å². The number of thiazole rings is 1. The zero-order valence-corrected chi connectivity index (χ0v) is 32.8. The zero-order chi connectivity index (χ0) is 42.2. The van der Waals surface area contributed by atoms with Gasteiger partial charge in [-0.3, -0.25) is 24.1 Å². The third-order valence-corrected chi connectivity index (χ3v) is 13.4. The lowest BCUT2D eigenvalue weighted by Crippen LogP contribution is -2.71. The highest BCUT2D eigenvalue weighted by Gasteiger charge is 2.57. The number of nitrogen functional groups attached to an aromatic ring is 1. The summed E-state index contributed by atoms with van der Waals surface area (Å²) in [5, 5.41) is 60.3. The molecule has 1 aromatic heterocycles. The lowest BCUT2D eigenvalue weighted by molar-refractivity contribution is -0.945. The van der Waals surface area contributed by atoms with E-state index in [1.165, 1.54) is 23.2 Å². The number of quaternary nitrogens is 1. The molecule has 2 aromatic rings. The van der Waals surface area contributed by atoms with Crippen LogP contribution in [0.1, 0.15) is 49.4 Å². The first-order valence-electron chi connectivity index (χ1n) is 17.7. The van der Waals surface area contributed by atoms with Crippen molar-refractivity contribution in [3.63, 3.8) is 0 Å². The molecule has 3 saturated heterocycles. The number of nitroso groups, excluding NO2 is 1. The lowest BCUT2D eigenvalue weighted by Gasteiger charge is -2.52. The number of likely N-dealkylation sites (N-methyl/N-ethyl adjacent to an activating group) is 1. The van der Waals surface area contributed by atoms with E-state index in [1.54, 1.807) is 0 Å². The van der Waals surface area contributed by atoms with E-state index in [-0.39, 0.29) is 57.4 Å². The number of aromatic nitrogens is 1. The number of nitrogens with zero attached hydrogens (tertiary/aromatic N) is 5. The maximum atomic E-state index is 13.6. The Bertz CT molecular complexity index is 2120. The fraction of sp³-hybridized carbons (Fsp3) is 0.471. The highest BCUT2D eigenvalue weighted by atomic mass is 35.5. The number of fused-ring (bicyclic) bond motifs is 3. The standard InChI is InChI=1S/C34H37ClN8O13S2/c1-43(15-2-3-16(43)7-13(6-15)9-37-28(48)23(40-55)17-4-5-19(44)27(47)22(17)35)10-14-11-57-31-25(30(50)42(31)26(14)33(53)54)39-29(49)24(18-12-58-34(36)38-18)41-56-20(32(51)52)8-21(45)46/h4-5,12-13,15-16,20,23,25,31H,2-3,6-11H2,1H3,(H8-,36,37,38,39,41,44,45,46,47,48,49,51,52,53,54)/p+1/t13?,15-,16+,20-,23?,25+,31+,43?/m0/s1. The Morgan fingerprint density at radius 2 is 1.83 bits per heavy atom. The fourth-order valence-corrected chi connectivity index (χ4v) is 10.3. The summed E-state index contributed by atoms with van der Waals surface area (Å²) in [4.78, 5) is 97.1. The van der Waals surface area contributed by atoms with Crippen LogP contribution in [0.4, 0.5) is 5.13 Å². The Morgan fingerprint density at radius 1 is 1.14 bits per heavy atom. The van der Waals surface area contributed by atoms with E-state index >= 15 is 0 Å². The van der Waals surface area contributed by atoms with Gasteiger partial charge in [0.05, 0.1) is 30.6 Å². The molecule has 0 aliphatic carbocycles. The van der Waals surface area contributed by atoms with E-state index in [4.69, 9.17) is 27.3 Å². The molecular weight excluding hydrogens is 828 g/mol. The predicted octanol–water partition coefficient (Wildman–Crippen LogP) is 1.19. The number of β-lactam (4-membered cyclic amide) rings is 1. The molecule has 21 nitrogen and oxygen atoms in total. The number of phenols is 2. The molecule has 6 rings (SSSR count). The quantitative estimate of drug-likeness (QED) is 0.0293. The second kappa shape index (κ2) is 16.8. The maximum Gasteiger partial charge on any atom is 0.352 e. The number of oxime groups is 1. The number of piperidine rings is 1. The summed E-state index contributed by atoms with van der Waals surface area (Å²) in [5.74, 6) is -7.86. The van der Waals surface area contributed by atoms with Gasteiger partial charge in [0.1, 0.15) is 29.4 Å². The van der Waals surface area contributed by atoms with Crippen molar-refractivity contribution in [2.75, 3.05) is 31.6 Å². The molecule has 0 saturated carbocycles. The molecular formula is C34H38ClN8O13S2+. The molecule has 0 spiro atoms. The van der Waals surface area contributed by atoms with Gasteiger partial charge in [0, 0.05) is 54.5 Å². The van der Waals surface area contributed by atoms with E-state index < -0.39 is 82.8 Å². The number of carbonyl (C=O) groups excluding carboxylic acids is 3. The van der Waals surface area contributed by atoms with Crippen molar-refractivity contribution < 1.29 is 63.6 Å². The van der Waals surface area contributed by atoms with Gasteiger partial charge < -0.3 is 51.2 Å². The molecule has 5 heterocycles. The summed E-state index contributed by atoms with van der Waals surface area (Å²) in [7, 11) is 2.05. The number of carboxylic acid groups (broad SMARTS) is 3. The zero-order valence-electron chi connectivity index (χ0n) is 30.4. The summed E-state index contributed by atoms with van der Waals surface area (Å²) in [6.45, 7) is 0.559. The summed E-state index contributed by atoms with van der Waals surface area (Å²) in [6, 6.07) is -0.257. The Labute approximate surface area is 341 Å². The van der Waals surface area contributed by atoms with Crippen molar-refractivity contribution >= 4 is 81.2 Å². The number of hydrogen-bond donors (Lipinski definition) is 8. The highest BCUT2D eigenvalue weighted by Crippen LogP contribution is 2.47. The Morgan fingerprint density at radius 3 is 2.41 bits per heavy atom. The monoisotopic (exact) mass is 865 g/mol. The number of amides is 3. The number of carbonyl (C=O) groups is 6. The van der Waals surface area contributed by atoms with Crippen LogP contribution in [0.25, 0.3) is 0 Å². The number of rotatable bonds is 16. The van der Waals surface area contributed by atoms with Crippen LogP contribution in [-0.4, -0.2) is 137 Å². The van der Waals surface area contributed by atoms with Gasteiger partial charge in [-0.1, -0.05) is 28.0 Å². The number of thioether (sulfide) groups is 1. The number of phenolic OH excluding ortho intramolecular Hbond substituents is 2. The van der Waals surface area contributed by atoms with Gasteiger partial charge >= 0.3 is 17.9 Å². The van der Waals surface area contributed by atoms with Crippen molar-refractivity contribution in [3.8, 4) is 11.5 Å². The van der Waals surface area contributed by atoms with Gasteiger partial charge in [-0.2, -0.15) is 0 Å². The average molecular weight is 866 g/mol. The third kappa shape index (κ3) is 8.11. The molecule has 58 heavy (non-hydrogen) atoms. The van der Waals surface area contributed by atoms with Crippen molar-refractivity contribution in [1.29, 1.82) is 0 Å². The molecule has 4 aliphatic heterocycles. The molecule has 0 radical (unpaired) electrons. The second-order valence-corrected chi connectivity index (χ2v) is 16.8. The number of benzene rings is 1. The number of anilines is 1. The molecule has 310 valence electrons. The SMILES string of the molecule is C[N+]1(CC2=C(C(=O)O)N3C(=O)[C@@H](NC(=O)C(=NO[C@@H](CC(=O)O)C(=O)O)c4csc(N)n4)[C@H]3SC2)[C@@H]2CC[C@H]1CC(CNC(=O)C(N=O)c1ccc(O)c(O)c1Cl)C2. The number of aromatic hydroxyl groups is 2. The van der Waals surface area contributed by atoms with Gasteiger partial charge in [0.15, 0.2) is 28.4 Å². The minimum atomic E-state index is -1.95. The smallest absolute Gasteiger partial charge is 0.352 e. The van der Waals surface area contributed by atoms with Crippen LogP contribution in [0.2, 0.25) is 5.02 Å². The average Bonchev–Trinajstić information content (AvgIpc) is 3.63. The van der Waals surface area contributed by atoms with Crippen LogP contribution in [0.5, 0.6) is 11.5 Å². The number of hydrogen-bond acceptors (Lipinski definition) is 16. The summed E-state index contributed by atoms with van der Waals surface area (Å²) in [6.07, 6.45) is 0.119. The number of nitrogens with two attached hydrogens (primary N) is 1. The first-order chi connectivity index (χ1) is 27.4. The highest BCUT2D eigenvalue weighted by molar-refractivity contribution is 8.00. The third-order valence-electron chi connectivity index (χ3n) is 11.0. The number of carboxylic acids is 3. The van der Waals surface area contributed by atoms with Gasteiger partial charge in [-0.15, -0.1) is 28.0 Å². The molecule has 4 aliphatic rings. The number of aliphatic carboxylic acids is 3. The lowest BCUT2D eigenvalue weighted by atomic mass is 9.87. The fourth-order valence-electron chi connectivity index (χ4n) is 8.12. The minimum absolute atomic E-state index is 0.0228. The van der Waals surface area contributed by atoms with E-state index in [1.807, 2.05) is 7.05 Å². The van der Waals surface area contributed by atoms with Crippen molar-refractivity contribution in [3.05, 3.63) is 50.0 Å². The van der Waals surface area contributed by atoms with Gasteiger partial charge in [0.25, 0.3) is 17.7 Å². The normalized spacial score (nSPS) is 26.2. The largest absolute Gasteiger partial charge is 0.504 e. The van der Waals surface area contributed by atoms with E-state index in [2.05, 4.69) is 26.0 Å². The summed E-state index contributed by atoms with van der Waals surface area (Å²) < 4.78 is 0.515. The molecule has 3 unspecified atom stereocenters. The van der Waals surface area contributed by atoms with Crippen LogP contribution in [0, 0.1) is 10.8 Å². The minimum Gasteiger partial charge on any atom is -0.504 e. The van der Waals surface area contributed by atoms with Crippen molar-refractivity contribution in [1.82, 2.24) is 20.5 Å². The molecule has 1 aromatic carbocycles. The Hall–Kier alpha value is -5.52. The van der Waals surface area contributed by atoms with E-state index in [0.717, 1.165) is 35.1 Å². The summed E-state index contributed by atoms with van der Waals surface area (Å²) in [5.41, 5.74) is 5.29. The van der Waals surface area contributed by atoms with Gasteiger partial charge in [-0.25, -0.2) is 14.6 Å². The topological polar surface area (TPSA) is 321 Å². The van der Waals surface area contributed by atoms with Crippen molar-refractivity contribution in [2.24, 2.45) is 16.3 Å². The van der Waals surface area contributed by atoms with Crippen LogP contribution in [0.15, 0.2) is 39.1 Å². The molecule has 9 N–H and O–H groups in total. The Balaban J connectivity index is 1.12. The van der Waals surface area contributed by atoms with E-state index in [9.17, 15) is 54.1 Å². The van der Waals surface area contributed by atoms with E-state index in [0.29, 0.717) is 29.4 Å². The second-order valence-electron chi connectivity index (χ2n) is 14.5. The summed E-state index contributed by atoms with van der Waals surface area (Å²) >= 11 is 8.25.